The molecule has 0 bridgehead atoms. The highest BCUT2D eigenvalue weighted by molar-refractivity contribution is 6.33. The molecule has 0 unspecified atom stereocenters. The molecule has 0 atom stereocenters. The Morgan fingerprint density at radius 2 is 1.50 bits per heavy atom. The molecule has 0 heterocycles. The zero-order valence-electron chi connectivity index (χ0n) is 15.4. The average molecular weight is 423 g/mol. The Hall–Kier alpha value is -4.04. The second kappa shape index (κ2) is 9.44. The Balaban J connectivity index is 1.58. The Kier molecular flexibility index (Phi) is 6.51. The lowest BCUT2D eigenvalue weighted by Crippen LogP contribution is -2.18. The van der Waals surface area contributed by atoms with Gasteiger partial charge in [0.15, 0.2) is 0 Å². The van der Waals surface area contributed by atoms with Crippen molar-refractivity contribution < 1.29 is 14.5 Å². The van der Waals surface area contributed by atoms with E-state index in [9.17, 15) is 19.7 Å². The number of halogens is 1. The summed E-state index contributed by atoms with van der Waals surface area (Å²) in [6.07, 6.45) is 1.44. The van der Waals surface area contributed by atoms with Crippen molar-refractivity contribution >= 4 is 41.0 Å². The molecule has 3 rings (SSSR count). The molecule has 0 aliphatic heterocycles. The summed E-state index contributed by atoms with van der Waals surface area (Å²) in [6.45, 7) is 0. The summed E-state index contributed by atoms with van der Waals surface area (Å²) in [5.41, 5.74) is 4.07. The van der Waals surface area contributed by atoms with Gasteiger partial charge in [0.1, 0.15) is 0 Å². The fourth-order valence-electron chi connectivity index (χ4n) is 2.45. The van der Waals surface area contributed by atoms with E-state index < -0.39 is 16.7 Å². The summed E-state index contributed by atoms with van der Waals surface area (Å²) >= 11 is 6.01. The fraction of sp³-hybridized carbons (Fsp3) is 0. The van der Waals surface area contributed by atoms with Gasteiger partial charge < -0.3 is 5.32 Å². The van der Waals surface area contributed by atoms with Crippen LogP contribution in [0.25, 0.3) is 0 Å². The summed E-state index contributed by atoms with van der Waals surface area (Å²) in [5, 5.41) is 17.7. The molecule has 3 aromatic carbocycles. The lowest BCUT2D eigenvalue weighted by Gasteiger charge is -2.06. The number of nitro benzene ring substituents is 1. The molecule has 9 heteroatoms. The molecule has 0 aromatic heterocycles. The normalized spacial score (nSPS) is 10.6. The smallest absolute Gasteiger partial charge is 0.271 e. The van der Waals surface area contributed by atoms with Gasteiger partial charge in [0, 0.05) is 39.5 Å². The lowest BCUT2D eigenvalue weighted by atomic mass is 10.1. The number of nitro groups is 1. The van der Waals surface area contributed by atoms with Gasteiger partial charge in [-0.2, -0.15) is 5.10 Å². The second-order valence-electron chi connectivity index (χ2n) is 6.06. The lowest BCUT2D eigenvalue weighted by molar-refractivity contribution is -0.384. The van der Waals surface area contributed by atoms with Crippen LogP contribution in [0.2, 0.25) is 5.02 Å². The van der Waals surface area contributed by atoms with E-state index in [0.29, 0.717) is 21.8 Å². The number of hydrazone groups is 1. The van der Waals surface area contributed by atoms with Crippen molar-refractivity contribution in [3.05, 3.63) is 105 Å². The van der Waals surface area contributed by atoms with Gasteiger partial charge in [0.2, 0.25) is 0 Å². The van der Waals surface area contributed by atoms with Crippen LogP contribution in [0.3, 0.4) is 0 Å². The van der Waals surface area contributed by atoms with Crippen LogP contribution < -0.4 is 10.7 Å². The molecule has 0 aliphatic rings. The number of benzene rings is 3. The number of rotatable bonds is 6. The van der Waals surface area contributed by atoms with E-state index >= 15 is 0 Å². The van der Waals surface area contributed by atoms with Gasteiger partial charge in [-0.3, -0.25) is 19.7 Å². The maximum absolute atomic E-state index is 12.2. The molecule has 0 spiro atoms. The number of non-ortho nitro benzene ring substituents is 1. The van der Waals surface area contributed by atoms with Crippen LogP contribution in [0.5, 0.6) is 0 Å². The van der Waals surface area contributed by atoms with Crippen LogP contribution in [0.15, 0.2) is 77.9 Å². The molecule has 2 amide bonds. The number of nitrogens with one attached hydrogen (secondary N) is 2. The largest absolute Gasteiger partial charge is 0.322 e. The van der Waals surface area contributed by atoms with Crippen LogP contribution >= 0.6 is 11.6 Å². The van der Waals surface area contributed by atoms with Gasteiger partial charge in [-0.1, -0.05) is 29.8 Å². The van der Waals surface area contributed by atoms with Gasteiger partial charge >= 0.3 is 0 Å². The van der Waals surface area contributed by atoms with Crippen molar-refractivity contribution in [1.29, 1.82) is 0 Å². The first-order valence-corrected chi connectivity index (χ1v) is 9.05. The highest BCUT2D eigenvalue weighted by atomic mass is 35.5. The number of carbonyl (C=O) groups is 2. The zero-order chi connectivity index (χ0) is 21.5. The van der Waals surface area contributed by atoms with Crippen LogP contribution in [0, 0.1) is 10.1 Å². The summed E-state index contributed by atoms with van der Waals surface area (Å²) in [5.74, 6) is -0.849. The summed E-state index contributed by atoms with van der Waals surface area (Å²) in [4.78, 5) is 34.5. The highest BCUT2D eigenvalue weighted by Gasteiger charge is 2.10. The molecule has 0 saturated carbocycles. The van der Waals surface area contributed by atoms with Crippen LogP contribution in [0.4, 0.5) is 11.4 Å². The van der Waals surface area contributed by atoms with Crippen molar-refractivity contribution in [2.75, 3.05) is 5.32 Å². The monoisotopic (exact) mass is 422 g/mol. The number of nitrogens with zero attached hydrogens (tertiary/aromatic N) is 2. The number of amides is 2. The van der Waals surface area contributed by atoms with Crippen LogP contribution in [-0.4, -0.2) is 23.0 Å². The first-order valence-electron chi connectivity index (χ1n) is 8.68. The maximum Gasteiger partial charge on any atom is 0.271 e. The quantitative estimate of drug-likeness (QED) is 0.351. The van der Waals surface area contributed by atoms with Crippen molar-refractivity contribution in [2.24, 2.45) is 5.10 Å². The molecule has 0 saturated heterocycles. The van der Waals surface area contributed by atoms with Gasteiger partial charge in [-0.25, -0.2) is 5.43 Å². The number of anilines is 1. The third-order valence-corrected chi connectivity index (χ3v) is 4.36. The molecule has 2 N–H and O–H groups in total. The van der Waals surface area contributed by atoms with E-state index in [1.165, 1.54) is 42.6 Å². The minimum atomic E-state index is -0.538. The molecule has 8 nitrogen and oxygen atoms in total. The topological polar surface area (TPSA) is 114 Å². The molecular formula is C21H15ClN4O4. The summed E-state index contributed by atoms with van der Waals surface area (Å²) in [7, 11) is 0. The molecule has 0 radical (unpaired) electrons. The van der Waals surface area contributed by atoms with Gasteiger partial charge in [0.05, 0.1) is 11.1 Å². The Morgan fingerprint density at radius 1 is 0.900 bits per heavy atom. The summed E-state index contributed by atoms with van der Waals surface area (Å²) in [6, 6.07) is 18.5. The maximum atomic E-state index is 12.2. The fourth-order valence-corrected chi connectivity index (χ4v) is 2.63. The minimum absolute atomic E-state index is 0.0980. The predicted octanol–water partition coefficient (Wildman–Crippen LogP) is 4.26. The van der Waals surface area contributed by atoms with Gasteiger partial charge in [-0.05, 0) is 42.5 Å². The third kappa shape index (κ3) is 5.27. The number of carbonyl (C=O) groups excluding carboxylic acids is 2. The van der Waals surface area contributed by atoms with E-state index in [0.717, 1.165) is 0 Å². The molecular weight excluding hydrogens is 408 g/mol. The Labute approximate surface area is 176 Å². The molecule has 0 fully saturated rings. The van der Waals surface area contributed by atoms with E-state index in [-0.39, 0.29) is 11.3 Å². The minimum Gasteiger partial charge on any atom is -0.322 e. The third-order valence-electron chi connectivity index (χ3n) is 4.02. The molecule has 150 valence electrons. The Bertz CT molecular complexity index is 1110. The van der Waals surface area contributed by atoms with Crippen molar-refractivity contribution in [3.63, 3.8) is 0 Å². The van der Waals surface area contributed by atoms with Crippen LogP contribution in [-0.2, 0) is 0 Å². The van der Waals surface area contributed by atoms with E-state index in [1.54, 1.807) is 36.4 Å². The van der Waals surface area contributed by atoms with Gasteiger partial charge in [-0.15, -0.1) is 0 Å². The van der Waals surface area contributed by atoms with Crippen molar-refractivity contribution in [2.45, 2.75) is 0 Å². The van der Waals surface area contributed by atoms with E-state index in [2.05, 4.69) is 15.8 Å². The van der Waals surface area contributed by atoms with Crippen LogP contribution in [0.1, 0.15) is 26.3 Å². The second-order valence-corrected chi connectivity index (χ2v) is 6.46. The van der Waals surface area contributed by atoms with Gasteiger partial charge in [0.25, 0.3) is 17.5 Å². The molecule has 3 aromatic rings. The SMILES string of the molecule is O=C(N/N=C/c1ccccc1Cl)c1ccc(NC(=O)c2ccc([N+](=O)[O-])cc2)cc1. The highest BCUT2D eigenvalue weighted by Crippen LogP contribution is 2.15. The standard InChI is InChI=1S/C21H15ClN4O4/c22-19-4-2-1-3-16(19)13-23-25-21(28)15-5-9-17(10-6-15)24-20(27)14-7-11-18(12-8-14)26(29)30/h1-13H,(H,24,27)(H,25,28)/b23-13+. The first-order chi connectivity index (χ1) is 14.4. The van der Waals surface area contributed by atoms with Crippen molar-refractivity contribution in [3.8, 4) is 0 Å². The van der Waals surface area contributed by atoms with Crippen molar-refractivity contribution in [1.82, 2.24) is 5.43 Å². The number of hydrogen-bond acceptors (Lipinski definition) is 5. The zero-order valence-corrected chi connectivity index (χ0v) is 16.2. The average Bonchev–Trinajstić information content (AvgIpc) is 2.75. The predicted molar refractivity (Wildman–Crippen MR) is 114 cm³/mol. The Morgan fingerprint density at radius 3 is 2.13 bits per heavy atom. The number of hydrogen-bond donors (Lipinski definition) is 2. The van der Waals surface area contributed by atoms with E-state index in [4.69, 9.17) is 11.6 Å². The molecule has 30 heavy (non-hydrogen) atoms. The first kappa shape index (κ1) is 20.7. The summed E-state index contributed by atoms with van der Waals surface area (Å²) < 4.78 is 0. The molecule has 0 aliphatic carbocycles. The van der Waals surface area contributed by atoms with E-state index in [1.807, 2.05) is 0 Å².